The zero-order valence-electron chi connectivity index (χ0n) is 62.2. The zero-order chi connectivity index (χ0) is 71.8. The Morgan fingerprint density at radius 1 is 0.286 bits per heavy atom. The topological polar surface area (TPSA) is 237 Å². The molecule has 0 bridgehead atoms. The zero-order valence-corrected chi connectivity index (χ0v) is 64.0. The lowest BCUT2D eigenvalue weighted by Crippen LogP contribution is -2.30. The molecule has 5 atom stereocenters. The molecule has 0 amide bonds. The number of carbonyl (C=O) groups excluding carboxylic acids is 4. The largest absolute Gasteiger partial charge is 0.472 e. The summed E-state index contributed by atoms with van der Waals surface area (Å²) < 4.78 is 68.5. The third-order valence-electron chi connectivity index (χ3n) is 16.7. The summed E-state index contributed by atoms with van der Waals surface area (Å²) in [6.45, 7) is 4.79. The summed E-state index contributed by atoms with van der Waals surface area (Å²) in [6, 6.07) is 0. The molecule has 0 aromatic carbocycles. The molecule has 0 saturated carbocycles. The van der Waals surface area contributed by atoms with Crippen molar-refractivity contribution in [3.63, 3.8) is 0 Å². The molecule has 19 heteroatoms. The summed E-state index contributed by atoms with van der Waals surface area (Å²) in [7, 11) is -9.95. The lowest BCUT2D eigenvalue weighted by molar-refractivity contribution is -0.161. The molecule has 0 spiro atoms. The van der Waals surface area contributed by atoms with Crippen LogP contribution in [0.5, 0.6) is 0 Å². The van der Waals surface area contributed by atoms with Crippen molar-refractivity contribution in [1.29, 1.82) is 0 Å². The monoisotopic (exact) mass is 1420 g/mol. The minimum Gasteiger partial charge on any atom is -0.462 e. The van der Waals surface area contributed by atoms with Crippen LogP contribution >= 0.6 is 15.6 Å². The number of phosphoric ester groups is 2. The molecule has 0 heterocycles. The smallest absolute Gasteiger partial charge is 0.462 e. The van der Waals surface area contributed by atoms with E-state index in [4.69, 9.17) is 37.0 Å². The normalized spacial score (nSPS) is 14.3. The van der Waals surface area contributed by atoms with Gasteiger partial charge in [-0.25, -0.2) is 9.13 Å². The van der Waals surface area contributed by atoms with Crippen LogP contribution in [0, 0.1) is 0 Å². The fourth-order valence-corrected chi connectivity index (χ4v) is 12.2. The van der Waals surface area contributed by atoms with Crippen LogP contribution in [-0.2, 0) is 65.4 Å². The van der Waals surface area contributed by atoms with Gasteiger partial charge in [0.25, 0.3) is 0 Å². The van der Waals surface area contributed by atoms with Crippen molar-refractivity contribution < 1.29 is 80.2 Å². The van der Waals surface area contributed by atoms with Crippen LogP contribution in [-0.4, -0.2) is 96.7 Å². The highest BCUT2D eigenvalue weighted by molar-refractivity contribution is 7.47. The Morgan fingerprint density at radius 2 is 0.510 bits per heavy atom. The van der Waals surface area contributed by atoms with E-state index < -0.39 is 97.5 Å². The molecule has 0 aromatic rings. The molecule has 0 aliphatic heterocycles. The van der Waals surface area contributed by atoms with Crippen molar-refractivity contribution in [2.45, 2.75) is 367 Å². The van der Waals surface area contributed by atoms with Gasteiger partial charge in [0, 0.05) is 25.7 Å². The number of allylic oxidation sites excluding steroid dienone is 12. The average molecular weight is 1430 g/mol. The van der Waals surface area contributed by atoms with E-state index in [0.29, 0.717) is 32.1 Å². The third kappa shape index (κ3) is 70.9. The number of phosphoric acid groups is 2. The summed E-state index contributed by atoms with van der Waals surface area (Å²) in [4.78, 5) is 72.8. The van der Waals surface area contributed by atoms with E-state index in [2.05, 4.69) is 88.5 Å². The first kappa shape index (κ1) is 94.5. The van der Waals surface area contributed by atoms with Gasteiger partial charge >= 0.3 is 39.5 Å². The van der Waals surface area contributed by atoms with E-state index in [1.807, 2.05) is 12.2 Å². The number of ether oxygens (including phenoxy) is 4. The Morgan fingerprint density at radius 3 is 0.827 bits per heavy atom. The van der Waals surface area contributed by atoms with Crippen LogP contribution in [0.25, 0.3) is 0 Å². The van der Waals surface area contributed by atoms with Gasteiger partial charge in [-0.1, -0.05) is 300 Å². The lowest BCUT2D eigenvalue weighted by Gasteiger charge is -2.21. The number of hydrogen-bond acceptors (Lipinski definition) is 15. The van der Waals surface area contributed by atoms with Gasteiger partial charge in [0.05, 0.1) is 26.4 Å². The number of hydrogen-bond donors (Lipinski definition) is 3. The van der Waals surface area contributed by atoms with E-state index in [1.165, 1.54) is 148 Å². The fourth-order valence-electron chi connectivity index (χ4n) is 10.7. The van der Waals surface area contributed by atoms with Gasteiger partial charge in [0.15, 0.2) is 12.2 Å². The van der Waals surface area contributed by atoms with Crippen LogP contribution in [0.1, 0.15) is 349 Å². The molecule has 570 valence electrons. The highest BCUT2D eigenvalue weighted by Crippen LogP contribution is 2.45. The summed E-state index contributed by atoms with van der Waals surface area (Å²) in [6.07, 6.45) is 71.7. The van der Waals surface area contributed by atoms with Gasteiger partial charge in [0.1, 0.15) is 19.3 Å². The number of aliphatic hydroxyl groups excluding tert-OH is 1. The Bertz CT molecular complexity index is 2140. The molecular formula is C79H142O17P2. The van der Waals surface area contributed by atoms with Gasteiger partial charge in [0.2, 0.25) is 0 Å². The first-order valence-corrected chi connectivity index (χ1v) is 42.2. The van der Waals surface area contributed by atoms with Gasteiger partial charge in [-0.05, 0) is 96.3 Å². The lowest BCUT2D eigenvalue weighted by atomic mass is 10.0. The van der Waals surface area contributed by atoms with E-state index in [-0.39, 0.29) is 25.7 Å². The predicted octanol–water partition coefficient (Wildman–Crippen LogP) is 22.4. The van der Waals surface area contributed by atoms with Gasteiger partial charge in [-0.15, -0.1) is 0 Å². The van der Waals surface area contributed by atoms with Gasteiger partial charge in [-0.3, -0.25) is 37.3 Å². The van der Waals surface area contributed by atoms with E-state index in [0.717, 1.165) is 116 Å². The maximum absolute atomic E-state index is 13.1. The quantitative estimate of drug-likeness (QED) is 0.0169. The van der Waals surface area contributed by atoms with Crippen molar-refractivity contribution in [2.75, 3.05) is 39.6 Å². The summed E-state index contributed by atoms with van der Waals surface area (Å²) in [5.74, 6) is -2.23. The molecule has 0 aromatic heterocycles. The standard InChI is InChI=1S/C79H142O17P2/c1-5-9-13-17-21-25-29-33-35-36-38-41-44-48-52-56-60-64-77(82)90-70-75(96-79(84)66-62-58-54-50-46-42-37-34-30-26-22-18-14-10-6-2)72-94-98(87,88)92-68-73(80)67-91-97(85,86)93-71-74(95-78(83)65-61-57-53-49-45-40-32-28-24-20-16-12-8-4)69-89-76(81)63-59-55-51-47-43-39-31-27-23-19-15-11-7-3/h21-22,25-26,33-35,37-38,41,48,52,73-75,80H,5-20,23-24,27-32,36,39-40,42-47,49-51,53-72H2,1-4H3,(H,85,86)(H,87,88)/b25-21-,26-22-,35-33-,37-34-,41-38-,52-48-/t73-,74+,75+/m0/s1. The van der Waals surface area contributed by atoms with Gasteiger partial charge in [-0.2, -0.15) is 0 Å². The maximum Gasteiger partial charge on any atom is 0.472 e. The van der Waals surface area contributed by atoms with Crippen LogP contribution in [0.15, 0.2) is 72.9 Å². The Kier molecular flexibility index (Phi) is 69.3. The first-order chi connectivity index (χ1) is 47.7. The summed E-state index contributed by atoms with van der Waals surface area (Å²) in [5, 5.41) is 10.6. The average Bonchev–Trinajstić information content (AvgIpc) is 1.05. The molecule has 0 aliphatic carbocycles. The van der Waals surface area contributed by atoms with E-state index >= 15 is 0 Å². The first-order valence-electron chi connectivity index (χ1n) is 39.2. The predicted molar refractivity (Wildman–Crippen MR) is 400 cm³/mol. The SMILES string of the molecule is CCCCC/C=C\C/C=C\C/C=C\C/C=C\CCCC(=O)OC[C@H](COP(=O)(O)OC[C@@H](O)COP(=O)(O)OC[C@@H](COC(=O)CCCCCCCCCCCCCCC)OC(=O)CCCCCCCCCCCCCCC)OC(=O)CCCCCCC/C=C\C/C=C\CCCCC. The van der Waals surface area contributed by atoms with Crippen molar-refractivity contribution in [3.8, 4) is 0 Å². The number of carbonyl (C=O) groups is 4. The number of esters is 4. The van der Waals surface area contributed by atoms with Gasteiger partial charge < -0.3 is 33.8 Å². The number of aliphatic hydroxyl groups is 1. The van der Waals surface area contributed by atoms with Crippen LogP contribution in [0.3, 0.4) is 0 Å². The molecule has 98 heavy (non-hydrogen) atoms. The van der Waals surface area contributed by atoms with Crippen LogP contribution in [0.4, 0.5) is 0 Å². The Labute approximate surface area is 596 Å². The minimum atomic E-state index is -4.98. The molecular weight excluding hydrogens is 1280 g/mol. The Balaban J connectivity index is 5.38. The van der Waals surface area contributed by atoms with Crippen molar-refractivity contribution in [2.24, 2.45) is 0 Å². The van der Waals surface area contributed by atoms with E-state index in [1.54, 1.807) is 0 Å². The van der Waals surface area contributed by atoms with Crippen molar-refractivity contribution in [1.82, 2.24) is 0 Å². The second kappa shape index (κ2) is 71.9. The van der Waals surface area contributed by atoms with Crippen LogP contribution < -0.4 is 0 Å². The second-order valence-corrected chi connectivity index (χ2v) is 29.2. The molecule has 0 rings (SSSR count). The highest BCUT2D eigenvalue weighted by Gasteiger charge is 2.30. The molecule has 0 aliphatic rings. The number of rotatable bonds is 74. The molecule has 3 N–H and O–H groups in total. The molecule has 0 saturated heterocycles. The molecule has 0 fully saturated rings. The number of unbranched alkanes of at least 4 members (excludes halogenated alkanes) is 36. The summed E-state index contributed by atoms with van der Waals surface area (Å²) in [5.41, 5.74) is 0. The van der Waals surface area contributed by atoms with Crippen LogP contribution in [0.2, 0.25) is 0 Å². The second-order valence-electron chi connectivity index (χ2n) is 26.3. The molecule has 17 nitrogen and oxygen atoms in total. The van der Waals surface area contributed by atoms with Crippen molar-refractivity contribution in [3.05, 3.63) is 72.9 Å². The highest BCUT2D eigenvalue weighted by atomic mass is 31.2. The fraction of sp³-hybridized carbons (Fsp3) is 0.797. The summed E-state index contributed by atoms with van der Waals surface area (Å²) >= 11 is 0. The van der Waals surface area contributed by atoms with E-state index in [9.17, 15) is 43.2 Å². The molecule has 0 radical (unpaired) electrons. The Hall–Kier alpha value is -3.50. The minimum absolute atomic E-state index is 0.0697. The van der Waals surface area contributed by atoms with Crippen molar-refractivity contribution >= 4 is 39.5 Å². The maximum atomic E-state index is 13.1. The molecule has 2 unspecified atom stereocenters. The third-order valence-corrected chi connectivity index (χ3v) is 18.6.